The number of aliphatic imine (C=N–C) groups is 1. The smallest absolute Gasteiger partial charge is 0.233 e. The molecule has 0 aromatic heterocycles. The number of alkyl halides is 6. The minimum absolute atomic E-state index is 0.288. The zero-order valence-corrected chi connectivity index (χ0v) is 17.0. The Morgan fingerprint density at radius 1 is 1.24 bits per heavy atom. The molecule has 14 heteroatoms. The van der Waals surface area contributed by atoms with Gasteiger partial charge in [-0.3, -0.25) is 0 Å². The van der Waals surface area contributed by atoms with Crippen molar-refractivity contribution < 1.29 is 26.3 Å². The second kappa shape index (κ2) is 7.24. The molecular formula is C15H12Cl2F6N5S+. The quantitative estimate of drug-likeness (QED) is 0.271. The maximum Gasteiger partial charge on any atom is 0.446 e. The number of nitrogens with two attached hydrogens (primary N) is 1. The fourth-order valence-corrected chi connectivity index (χ4v) is 4.70. The molecule has 0 bridgehead atoms. The van der Waals surface area contributed by atoms with E-state index in [-0.39, 0.29) is 5.69 Å². The van der Waals surface area contributed by atoms with Crippen molar-refractivity contribution in [1.82, 2.24) is 9.71 Å². The van der Waals surface area contributed by atoms with Crippen LogP contribution in [0.15, 0.2) is 27.7 Å². The average molecular weight is 479 g/mol. The van der Waals surface area contributed by atoms with E-state index in [0.29, 0.717) is 17.3 Å². The van der Waals surface area contributed by atoms with Gasteiger partial charge in [0.05, 0.1) is 5.56 Å². The number of hydrogen-bond acceptors (Lipinski definition) is 5. The van der Waals surface area contributed by atoms with Crippen molar-refractivity contribution >= 4 is 47.4 Å². The number of quaternary nitrogens is 1. The van der Waals surface area contributed by atoms with Crippen LogP contribution in [-0.4, -0.2) is 30.1 Å². The third-order valence-corrected chi connectivity index (χ3v) is 6.16. The van der Waals surface area contributed by atoms with Gasteiger partial charge in [-0.2, -0.15) is 31.6 Å². The Kier molecular flexibility index (Phi) is 5.90. The third-order valence-electron chi connectivity index (χ3n) is 4.56. The molecule has 1 aliphatic heterocycles. The van der Waals surface area contributed by atoms with Gasteiger partial charge >= 0.3 is 11.7 Å². The monoisotopic (exact) mass is 478 g/mol. The lowest BCUT2D eigenvalue weighted by Gasteiger charge is -2.44. The van der Waals surface area contributed by atoms with Crippen LogP contribution in [0.2, 0.25) is 10.0 Å². The molecule has 158 valence electrons. The number of hydrogen-bond donors (Lipinski definition) is 1. The van der Waals surface area contributed by atoms with Crippen molar-refractivity contribution in [2.45, 2.75) is 24.3 Å². The van der Waals surface area contributed by atoms with E-state index in [0.717, 1.165) is 0 Å². The fourth-order valence-electron chi connectivity index (χ4n) is 2.98. The third kappa shape index (κ3) is 3.66. The van der Waals surface area contributed by atoms with Gasteiger partial charge in [0.25, 0.3) is 5.66 Å². The zero-order valence-electron chi connectivity index (χ0n) is 14.7. The molecule has 2 rings (SSSR count). The van der Waals surface area contributed by atoms with Crippen LogP contribution < -0.4 is 10.4 Å². The summed E-state index contributed by atoms with van der Waals surface area (Å²) in [7, 11) is 1.20. The van der Waals surface area contributed by atoms with Crippen LogP contribution in [-0.2, 0) is 6.18 Å². The van der Waals surface area contributed by atoms with Gasteiger partial charge in [-0.1, -0.05) is 23.2 Å². The number of thioether (sulfide) groups is 1. The van der Waals surface area contributed by atoms with E-state index in [1.807, 2.05) is 0 Å². The number of likely N-dealkylation sites (N-methyl/N-ethyl adjacent to an activating group) is 1. The van der Waals surface area contributed by atoms with Gasteiger partial charge < -0.3 is 0 Å². The van der Waals surface area contributed by atoms with E-state index in [1.165, 1.54) is 14.0 Å². The first-order chi connectivity index (χ1) is 13.0. The summed E-state index contributed by atoms with van der Waals surface area (Å²) in [5, 5.41) is 8.95. The number of benzene rings is 1. The molecule has 1 aliphatic rings. The Labute approximate surface area is 175 Å². The first-order valence-electron chi connectivity index (χ1n) is 7.41. The van der Waals surface area contributed by atoms with Gasteiger partial charge in [0.15, 0.2) is 5.69 Å². The Balaban J connectivity index is 2.83. The highest BCUT2D eigenvalue weighted by Gasteiger charge is 2.64. The van der Waals surface area contributed by atoms with Gasteiger partial charge in [0, 0.05) is 6.92 Å². The van der Waals surface area contributed by atoms with Crippen LogP contribution in [0.4, 0.5) is 32.0 Å². The Hall–Kier alpha value is -1.65. The predicted octanol–water partition coefficient (Wildman–Crippen LogP) is 5.46. The highest BCUT2D eigenvalue weighted by Crippen LogP contribution is 2.56. The number of nitrogens with zero attached hydrogens (tertiary/aromatic N) is 4. The fraction of sp³-hybridized carbons (Fsp3) is 0.333. The molecule has 0 fully saturated rings. The van der Waals surface area contributed by atoms with Gasteiger partial charge in [0.1, 0.15) is 28.1 Å². The van der Waals surface area contributed by atoms with E-state index >= 15 is 0 Å². The van der Waals surface area contributed by atoms with E-state index in [2.05, 4.69) is 11.7 Å². The van der Waals surface area contributed by atoms with Crippen LogP contribution in [0.5, 0.6) is 0 Å². The lowest BCUT2D eigenvalue weighted by molar-refractivity contribution is -0.137. The molecule has 1 aromatic rings. The summed E-state index contributed by atoms with van der Waals surface area (Å²) in [5.41, 5.74) is -8.86. The van der Waals surface area contributed by atoms with Gasteiger partial charge in [-0.25, -0.2) is 10.8 Å². The van der Waals surface area contributed by atoms with E-state index in [1.54, 1.807) is 6.07 Å². The molecule has 0 radical (unpaired) electrons. The SMILES string of the molecule is C=NC1(C)C(SC(F)(F)F)=C(C#N)N(N)[N+]1(C)c1c(Cl)cc(C(F)(F)F)cc1Cl. The lowest BCUT2D eigenvalue weighted by atomic mass is 10.1. The molecule has 2 atom stereocenters. The van der Waals surface area contributed by atoms with Crippen LogP contribution >= 0.6 is 35.0 Å². The van der Waals surface area contributed by atoms with E-state index < -0.39 is 59.9 Å². The summed E-state index contributed by atoms with van der Waals surface area (Å²) < 4.78 is 77.6. The summed E-state index contributed by atoms with van der Waals surface area (Å²) in [6.07, 6.45) is -4.77. The minimum atomic E-state index is -4.81. The van der Waals surface area contributed by atoms with Crippen LogP contribution in [0.25, 0.3) is 0 Å². The van der Waals surface area contributed by atoms with Crippen LogP contribution in [0, 0.1) is 11.3 Å². The molecule has 0 saturated carbocycles. The molecule has 2 N–H and O–H groups in total. The maximum atomic E-state index is 13.1. The maximum absolute atomic E-state index is 13.1. The van der Waals surface area contributed by atoms with Gasteiger partial charge in [-0.05, 0) is 30.6 Å². The van der Waals surface area contributed by atoms with Crippen molar-refractivity contribution in [2.24, 2.45) is 10.8 Å². The number of rotatable bonds is 3. The summed E-state index contributed by atoms with van der Waals surface area (Å²) >= 11 is 11.5. The lowest BCUT2D eigenvalue weighted by Crippen LogP contribution is -2.67. The van der Waals surface area contributed by atoms with Gasteiger partial charge in [-0.15, -0.1) is 9.71 Å². The number of hydrazine groups is 1. The first kappa shape index (κ1) is 23.6. The second-order valence-corrected chi connectivity index (χ2v) is 8.00. The average Bonchev–Trinajstić information content (AvgIpc) is 2.71. The Morgan fingerprint density at radius 2 is 1.72 bits per heavy atom. The van der Waals surface area contributed by atoms with Crippen molar-refractivity contribution in [1.29, 1.82) is 5.26 Å². The largest absolute Gasteiger partial charge is 0.446 e. The normalized spacial score (nSPS) is 25.4. The summed E-state index contributed by atoms with van der Waals surface area (Å²) in [4.78, 5) is 3.14. The van der Waals surface area contributed by atoms with Crippen molar-refractivity contribution in [2.75, 3.05) is 7.05 Å². The molecule has 1 heterocycles. The summed E-state index contributed by atoms with van der Waals surface area (Å²) in [6.45, 7) is 4.48. The van der Waals surface area contributed by atoms with Crippen molar-refractivity contribution in [3.05, 3.63) is 38.3 Å². The molecule has 0 amide bonds. The topological polar surface area (TPSA) is 65.4 Å². The molecule has 1 aromatic carbocycles. The highest BCUT2D eigenvalue weighted by atomic mass is 35.5. The molecular weight excluding hydrogens is 467 g/mol. The van der Waals surface area contributed by atoms with E-state index in [4.69, 9.17) is 29.0 Å². The standard InChI is InChI=1S/C15H12Cl2F6N5S/c1-13(26-2)12(29-15(21,22)23)10(6-24)27(25)28(13,3)11-8(16)4-7(5-9(11)17)14(18,19)20/h4-5H,2,25H2,1,3H3/q+1. The summed E-state index contributed by atoms with van der Waals surface area (Å²) in [5.74, 6) is 5.94. The Bertz CT molecular complexity index is 918. The van der Waals surface area contributed by atoms with Crippen LogP contribution in [0.3, 0.4) is 0 Å². The highest BCUT2D eigenvalue weighted by molar-refractivity contribution is 8.04. The second-order valence-electron chi connectivity index (χ2n) is 6.11. The number of halogens is 8. The van der Waals surface area contributed by atoms with Crippen LogP contribution in [0.1, 0.15) is 12.5 Å². The summed E-state index contributed by atoms with van der Waals surface area (Å²) in [6, 6.07) is 2.69. The van der Waals surface area contributed by atoms with E-state index in [9.17, 15) is 31.6 Å². The molecule has 0 aliphatic carbocycles. The molecule has 2 unspecified atom stereocenters. The zero-order chi connectivity index (χ0) is 22.6. The van der Waals surface area contributed by atoms with Crippen molar-refractivity contribution in [3.8, 4) is 6.07 Å². The predicted molar refractivity (Wildman–Crippen MR) is 99.4 cm³/mol. The number of allylic oxidation sites excluding steroid dienone is 1. The molecule has 0 spiro atoms. The molecule has 0 saturated heterocycles. The Morgan fingerprint density at radius 3 is 2.07 bits per heavy atom. The van der Waals surface area contributed by atoms with Crippen molar-refractivity contribution in [3.63, 3.8) is 0 Å². The number of nitriles is 1. The molecule has 5 nitrogen and oxygen atoms in total. The minimum Gasteiger partial charge on any atom is -0.233 e. The molecule has 29 heavy (non-hydrogen) atoms. The first-order valence-corrected chi connectivity index (χ1v) is 8.99. The van der Waals surface area contributed by atoms with Gasteiger partial charge in [0.2, 0.25) is 5.70 Å².